The number of ether oxygens (including phenoxy) is 1. The third-order valence-electron chi connectivity index (χ3n) is 7.15. The van der Waals surface area contributed by atoms with Crippen LogP contribution in [-0.2, 0) is 11.3 Å². The Balaban J connectivity index is 1.48. The van der Waals surface area contributed by atoms with Gasteiger partial charge >= 0.3 is 6.09 Å². The molecule has 1 fully saturated rings. The molecular weight excluding hydrogens is 532 g/mol. The van der Waals surface area contributed by atoms with Crippen LogP contribution in [0.5, 0.6) is 0 Å². The van der Waals surface area contributed by atoms with Crippen molar-refractivity contribution in [3.8, 4) is 0 Å². The number of anilines is 2. The Morgan fingerprint density at radius 3 is 2.36 bits per heavy atom. The van der Waals surface area contributed by atoms with Crippen molar-refractivity contribution in [2.24, 2.45) is 5.73 Å². The molecule has 0 saturated carbocycles. The highest BCUT2D eigenvalue weighted by atomic mass is 16.6. The van der Waals surface area contributed by atoms with Crippen molar-refractivity contribution >= 4 is 46.0 Å². The molecule has 10 heteroatoms. The highest BCUT2D eigenvalue weighted by Crippen LogP contribution is 2.26. The van der Waals surface area contributed by atoms with Gasteiger partial charge in [0, 0.05) is 53.0 Å². The van der Waals surface area contributed by atoms with Crippen LogP contribution in [0.1, 0.15) is 58.7 Å². The number of fused-ring (bicyclic) bond motifs is 1. The van der Waals surface area contributed by atoms with E-state index < -0.39 is 12.0 Å². The zero-order valence-corrected chi connectivity index (χ0v) is 23.6. The molecule has 5 N–H and O–H groups in total. The average molecular weight is 567 g/mol. The zero-order chi connectivity index (χ0) is 29.8. The van der Waals surface area contributed by atoms with Crippen molar-refractivity contribution < 1.29 is 19.1 Å². The van der Waals surface area contributed by atoms with Gasteiger partial charge in [-0.2, -0.15) is 0 Å². The van der Waals surface area contributed by atoms with Crippen LogP contribution in [0.2, 0.25) is 0 Å². The lowest BCUT2D eigenvalue weighted by Gasteiger charge is -2.18. The molecule has 0 atom stereocenters. The van der Waals surface area contributed by atoms with Crippen LogP contribution in [0.3, 0.4) is 0 Å². The number of aromatic nitrogens is 1. The maximum Gasteiger partial charge on any atom is 0.413 e. The topological polar surface area (TPSA) is 143 Å². The maximum atomic E-state index is 13.7. The molecule has 42 heavy (non-hydrogen) atoms. The molecule has 1 saturated heterocycles. The summed E-state index contributed by atoms with van der Waals surface area (Å²) in [4.78, 5) is 39.7. The number of nitrogens with two attached hydrogens (primary N) is 1. The highest BCUT2D eigenvalue weighted by Gasteiger charge is 2.19. The molecule has 0 spiro atoms. The number of benzene rings is 3. The lowest BCUT2D eigenvalue weighted by Crippen LogP contribution is -2.32. The minimum absolute atomic E-state index is 0.120. The van der Waals surface area contributed by atoms with E-state index in [-0.39, 0.29) is 17.8 Å². The van der Waals surface area contributed by atoms with E-state index in [9.17, 15) is 14.4 Å². The van der Waals surface area contributed by atoms with E-state index in [1.807, 2.05) is 28.8 Å². The second-order valence-corrected chi connectivity index (χ2v) is 10.6. The van der Waals surface area contributed by atoms with E-state index in [1.165, 1.54) is 0 Å². The molecule has 4 aromatic rings. The number of amidine groups is 1. The first kappa shape index (κ1) is 28.4. The van der Waals surface area contributed by atoms with Gasteiger partial charge in [-0.1, -0.05) is 30.3 Å². The first-order valence-electron chi connectivity index (χ1n) is 13.9. The molecule has 0 aliphatic carbocycles. The Labute approximate surface area is 244 Å². The number of nitrogens with zero attached hydrogens (tertiary/aromatic N) is 2. The van der Waals surface area contributed by atoms with Crippen LogP contribution in [0, 0.1) is 5.41 Å². The molecule has 3 amide bonds. The number of hydrogen-bond acceptors (Lipinski definition) is 6. The van der Waals surface area contributed by atoms with Crippen LogP contribution >= 0.6 is 0 Å². The third-order valence-corrected chi connectivity index (χ3v) is 7.15. The number of carbonyl (C=O) groups excluding carboxylic acids is 3. The highest BCUT2D eigenvalue weighted by molar-refractivity contribution is 6.09. The summed E-state index contributed by atoms with van der Waals surface area (Å²) in [6, 6.07) is 21.8. The lowest BCUT2D eigenvalue weighted by molar-refractivity contribution is 0.0996. The van der Waals surface area contributed by atoms with Crippen LogP contribution < -0.4 is 21.3 Å². The molecular formula is C32H34N6O4. The molecule has 0 bridgehead atoms. The summed E-state index contributed by atoms with van der Waals surface area (Å²) in [7, 11) is 0. The number of carbonyl (C=O) groups is 3. The average Bonchev–Trinajstić information content (AvgIpc) is 3.62. The Bertz CT molecular complexity index is 1650. The monoisotopic (exact) mass is 566 g/mol. The molecule has 1 aliphatic rings. The van der Waals surface area contributed by atoms with E-state index in [2.05, 4.69) is 21.6 Å². The lowest BCUT2D eigenvalue weighted by atomic mass is 10.1. The van der Waals surface area contributed by atoms with Crippen LogP contribution in [0.4, 0.5) is 16.2 Å². The number of alkyl carbamates (subject to hydrolysis) is 1. The first-order chi connectivity index (χ1) is 20.2. The Kier molecular flexibility index (Phi) is 8.24. The molecule has 0 radical (unpaired) electrons. The summed E-state index contributed by atoms with van der Waals surface area (Å²) in [6.45, 7) is 5.78. The van der Waals surface area contributed by atoms with Crippen LogP contribution in [-0.4, -0.2) is 47.5 Å². The van der Waals surface area contributed by atoms with E-state index in [0.717, 1.165) is 42.6 Å². The third kappa shape index (κ3) is 6.43. The van der Waals surface area contributed by atoms with Gasteiger partial charge < -0.3 is 25.3 Å². The Hall–Kier alpha value is -5.12. The van der Waals surface area contributed by atoms with Crippen molar-refractivity contribution in [2.75, 3.05) is 23.3 Å². The Morgan fingerprint density at radius 2 is 1.67 bits per heavy atom. The summed E-state index contributed by atoms with van der Waals surface area (Å²) in [5.41, 5.74) is 10.00. The minimum Gasteiger partial charge on any atom is -0.447 e. The molecule has 2 heterocycles. The predicted octanol–water partition coefficient (Wildman–Crippen LogP) is 5.10. The number of amides is 3. The quantitative estimate of drug-likeness (QED) is 0.173. The summed E-state index contributed by atoms with van der Waals surface area (Å²) in [5.74, 6) is -0.921. The van der Waals surface area contributed by atoms with Gasteiger partial charge in [0.05, 0.1) is 6.10 Å². The molecule has 5 rings (SSSR count). The van der Waals surface area contributed by atoms with Crippen molar-refractivity contribution in [3.63, 3.8) is 0 Å². The summed E-state index contributed by atoms with van der Waals surface area (Å²) in [5, 5.41) is 14.7. The summed E-state index contributed by atoms with van der Waals surface area (Å²) < 4.78 is 6.97. The van der Waals surface area contributed by atoms with Gasteiger partial charge in [-0.25, -0.2) is 4.79 Å². The fourth-order valence-electron chi connectivity index (χ4n) is 5.09. The number of rotatable bonds is 8. The second-order valence-electron chi connectivity index (χ2n) is 10.6. The van der Waals surface area contributed by atoms with Gasteiger partial charge in [-0.3, -0.25) is 20.3 Å². The van der Waals surface area contributed by atoms with E-state index in [0.29, 0.717) is 34.6 Å². The van der Waals surface area contributed by atoms with Gasteiger partial charge in [0.2, 0.25) is 5.91 Å². The first-order valence-corrected chi connectivity index (χ1v) is 13.9. The van der Waals surface area contributed by atoms with Crippen molar-refractivity contribution in [3.05, 3.63) is 95.2 Å². The maximum absolute atomic E-state index is 13.7. The van der Waals surface area contributed by atoms with Crippen LogP contribution in [0.15, 0.2) is 72.8 Å². The normalized spacial score (nSPS) is 12.9. The second kappa shape index (κ2) is 12.2. The van der Waals surface area contributed by atoms with Crippen molar-refractivity contribution in [2.45, 2.75) is 39.3 Å². The molecule has 1 aliphatic heterocycles. The standard InChI is InChI=1S/C32H34N6O4/c1-20(2)42-32(41)36-29(33)24-13-12-23-16-28(31(40)35-25-6-5-7-26(18-25)37-14-3-4-15-37)38(27(23)17-24)19-21-8-10-22(11-9-21)30(34)39/h5-13,16-18,20H,3-4,14-15,19H2,1-2H3,(H2,34,39)(H,35,40)(H2,33,36,41). The molecule has 0 unspecified atom stereocenters. The van der Waals surface area contributed by atoms with Gasteiger partial charge in [-0.05, 0) is 74.7 Å². The predicted molar refractivity (Wildman–Crippen MR) is 163 cm³/mol. The summed E-state index contributed by atoms with van der Waals surface area (Å²) in [6.07, 6.45) is 1.28. The van der Waals surface area contributed by atoms with E-state index >= 15 is 0 Å². The van der Waals surface area contributed by atoms with Gasteiger partial charge in [0.15, 0.2) is 0 Å². The largest absolute Gasteiger partial charge is 0.447 e. The molecule has 1 aromatic heterocycles. The fraction of sp³-hybridized carbons (Fsp3) is 0.250. The van der Waals surface area contributed by atoms with E-state index in [1.54, 1.807) is 56.3 Å². The minimum atomic E-state index is -0.712. The number of hydrogen-bond donors (Lipinski definition) is 4. The molecule has 3 aromatic carbocycles. The molecule has 216 valence electrons. The van der Waals surface area contributed by atoms with Crippen LogP contribution in [0.25, 0.3) is 10.9 Å². The zero-order valence-electron chi connectivity index (χ0n) is 23.6. The van der Waals surface area contributed by atoms with Gasteiger partial charge in [-0.15, -0.1) is 0 Å². The van der Waals surface area contributed by atoms with E-state index in [4.69, 9.17) is 15.9 Å². The Morgan fingerprint density at radius 1 is 0.952 bits per heavy atom. The smallest absolute Gasteiger partial charge is 0.413 e. The number of primary amides is 1. The fourth-order valence-corrected chi connectivity index (χ4v) is 5.09. The van der Waals surface area contributed by atoms with Crippen molar-refractivity contribution in [1.29, 1.82) is 5.41 Å². The van der Waals surface area contributed by atoms with Gasteiger partial charge in [0.1, 0.15) is 11.5 Å². The SMILES string of the molecule is CC(C)OC(=O)NC(=N)c1ccc2cc(C(=O)Nc3cccc(N4CCCC4)c3)n(Cc3ccc(C(N)=O)cc3)c2c1. The summed E-state index contributed by atoms with van der Waals surface area (Å²) >= 11 is 0. The molecule has 10 nitrogen and oxygen atoms in total. The van der Waals surface area contributed by atoms with Gasteiger partial charge in [0.25, 0.3) is 5.91 Å². The number of nitrogens with one attached hydrogen (secondary N) is 3. The van der Waals surface area contributed by atoms with Crippen molar-refractivity contribution in [1.82, 2.24) is 9.88 Å².